The van der Waals surface area contributed by atoms with Crippen LogP contribution < -0.4 is 14.4 Å². The lowest BCUT2D eigenvalue weighted by atomic mass is 10.1. The van der Waals surface area contributed by atoms with E-state index in [0.717, 1.165) is 19.7 Å². The van der Waals surface area contributed by atoms with Gasteiger partial charge in [0.1, 0.15) is 18.3 Å². The monoisotopic (exact) mass is 601 g/mol. The van der Waals surface area contributed by atoms with E-state index in [0.29, 0.717) is 11.4 Å². The fourth-order valence-electron chi connectivity index (χ4n) is 3.21. The van der Waals surface area contributed by atoms with E-state index in [-0.39, 0.29) is 12.5 Å². The number of nitrogens with one attached hydrogen (secondary N) is 1. The first-order chi connectivity index (χ1) is 15.7. The summed E-state index contributed by atoms with van der Waals surface area (Å²) in [5.74, 6) is -0.145. The summed E-state index contributed by atoms with van der Waals surface area (Å²) in [5.41, 5.74) is 0.678. The number of hydrogen-bond donors (Lipinski definition) is 1. The number of methoxy groups -OCH3 is 1. The maximum Gasteiger partial charge on any atom is 0.244 e. The van der Waals surface area contributed by atoms with Gasteiger partial charge in [0.2, 0.25) is 21.8 Å². The van der Waals surface area contributed by atoms with Gasteiger partial charge in [0.05, 0.1) is 19.1 Å². The molecule has 186 valence electrons. The van der Waals surface area contributed by atoms with Gasteiger partial charge in [-0.25, -0.2) is 8.42 Å². The van der Waals surface area contributed by atoms with Gasteiger partial charge in [0, 0.05) is 15.7 Å². The number of anilines is 1. The molecule has 0 bridgehead atoms. The van der Waals surface area contributed by atoms with Crippen molar-refractivity contribution in [1.82, 2.24) is 10.2 Å². The van der Waals surface area contributed by atoms with Crippen LogP contribution in [0.1, 0.15) is 33.3 Å². The van der Waals surface area contributed by atoms with Gasteiger partial charge >= 0.3 is 0 Å². The molecule has 0 saturated heterocycles. The molecule has 1 N–H and O–H groups in total. The summed E-state index contributed by atoms with van der Waals surface area (Å²) in [6.45, 7) is 6.91. The second-order valence-electron chi connectivity index (χ2n) is 9.03. The molecule has 10 heteroatoms. The number of rotatable bonds is 9. The summed E-state index contributed by atoms with van der Waals surface area (Å²) in [5, 5.41) is 2.89. The number of sulfonamides is 1. The number of ether oxygens (including phenoxy) is 1. The predicted octanol–water partition coefficient (Wildman–Crippen LogP) is 3.40. The van der Waals surface area contributed by atoms with Crippen molar-refractivity contribution in [3.05, 3.63) is 57.7 Å². The molecule has 2 aromatic carbocycles. The zero-order chi connectivity index (χ0) is 25.7. The maximum absolute atomic E-state index is 13.5. The molecule has 0 aliphatic carbocycles. The van der Waals surface area contributed by atoms with Crippen molar-refractivity contribution in [3.8, 4) is 5.75 Å². The lowest BCUT2D eigenvalue weighted by Gasteiger charge is -2.33. The van der Waals surface area contributed by atoms with Gasteiger partial charge in [-0.1, -0.05) is 12.1 Å². The predicted molar refractivity (Wildman–Crippen MR) is 142 cm³/mol. The molecule has 8 nitrogen and oxygen atoms in total. The van der Waals surface area contributed by atoms with Crippen LogP contribution in [0, 0.1) is 3.57 Å². The highest BCUT2D eigenvalue weighted by atomic mass is 127. The van der Waals surface area contributed by atoms with E-state index in [9.17, 15) is 18.0 Å². The second-order valence-corrected chi connectivity index (χ2v) is 12.2. The summed E-state index contributed by atoms with van der Waals surface area (Å²) in [6.07, 6.45) is 1.06. The first-order valence-electron chi connectivity index (χ1n) is 10.7. The van der Waals surface area contributed by atoms with Crippen molar-refractivity contribution in [2.75, 3.05) is 24.2 Å². The summed E-state index contributed by atoms with van der Waals surface area (Å²) >= 11 is 2.12. The van der Waals surface area contributed by atoms with Crippen molar-refractivity contribution in [1.29, 1.82) is 0 Å². The largest absolute Gasteiger partial charge is 0.497 e. The SMILES string of the molecule is COc1ccc(CN(C(=O)CN(c2ccc(I)cc2)S(C)(=O)=O)[C@H](C)C(=O)NC(C)(C)C)cc1. The van der Waals surface area contributed by atoms with Crippen molar-refractivity contribution < 1.29 is 22.7 Å². The van der Waals surface area contributed by atoms with Crippen LogP contribution in [0.2, 0.25) is 0 Å². The highest BCUT2D eigenvalue weighted by molar-refractivity contribution is 14.1. The van der Waals surface area contributed by atoms with Crippen LogP contribution in [0.4, 0.5) is 5.69 Å². The summed E-state index contributed by atoms with van der Waals surface area (Å²) in [6, 6.07) is 13.2. The van der Waals surface area contributed by atoms with Crippen LogP contribution in [0.3, 0.4) is 0 Å². The minimum atomic E-state index is -3.75. The number of carbonyl (C=O) groups excluding carboxylic acids is 2. The Morgan fingerprint density at radius 3 is 2.09 bits per heavy atom. The Bertz CT molecular complexity index is 1100. The Morgan fingerprint density at radius 1 is 1.06 bits per heavy atom. The molecular formula is C24H32IN3O5S. The second kappa shape index (κ2) is 11.4. The number of amides is 2. The summed E-state index contributed by atoms with van der Waals surface area (Å²) in [7, 11) is -2.19. The van der Waals surface area contributed by atoms with Gasteiger partial charge in [0.15, 0.2) is 0 Å². The molecule has 34 heavy (non-hydrogen) atoms. The lowest BCUT2D eigenvalue weighted by molar-refractivity contribution is -0.140. The minimum absolute atomic E-state index is 0.131. The van der Waals surface area contributed by atoms with E-state index in [2.05, 4.69) is 27.9 Å². The summed E-state index contributed by atoms with van der Waals surface area (Å²) < 4.78 is 32.3. The number of hydrogen-bond acceptors (Lipinski definition) is 5. The number of carbonyl (C=O) groups is 2. The Hall–Kier alpha value is -2.34. The topological polar surface area (TPSA) is 96.0 Å². The van der Waals surface area contributed by atoms with Crippen molar-refractivity contribution in [2.24, 2.45) is 0 Å². The quantitative estimate of drug-likeness (QED) is 0.445. The third kappa shape index (κ3) is 8.15. The van der Waals surface area contributed by atoms with E-state index in [1.165, 1.54) is 4.90 Å². The molecule has 0 spiro atoms. The first kappa shape index (κ1) is 27.9. The molecule has 0 fully saturated rings. The molecule has 1 atom stereocenters. The van der Waals surface area contributed by atoms with E-state index in [1.54, 1.807) is 62.6 Å². The average molecular weight is 602 g/mol. The molecule has 0 saturated carbocycles. The molecule has 0 radical (unpaired) electrons. The van der Waals surface area contributed by atoms with Crippen LogP contribution in [-0.2, 0) is 26.2 Å². The third-order valence-corrected chi connectivity index (χ3v) is 6.83. The summed E-state index contributed by atoms with van der Waals surface area (Å²) in [4.78, 5) is 27.8. The molecule has 2 amide bonds. The van der Waals surface area contributed by atoms with E-state index in [4.69, 9.17) is 4.74 Å². The van der Waals surface area contributed by atoms with E-state index in [1.807, 2.05) is 20.8 Å². The van der Waals surface area contributed by atoms with E-state index < -0.39 is 34.1 Å². The van der Waals surface area contributed by atoms with Gasteiger partial charge < -0.3 is 15.0 Å². The van der Waals surface area contributed by atoms with Crippen molar-refractivity contribution >= 4 is 50.1 Å². The van der Waals surface area contributed by atoms with Gasteiger partial charge in [0.25, 0.3) is 0 Å². The molecular weight excluding hydrogens is 569 g/mol. The molecule has 0 aromatic heterocycles. The normalized spacial score (nSPS) is 12.6. The first-order valence-corrected chi connectivity index (χ1v) is 13.6. The number of nitrogens with zero attached hydrogens (tertiary/aromatic N) is 2. The average Bonchev–Trinajstić information content (AvgIpc) is 2.74. The molecule has 2 rings (SSSR count). The van der Waals surface area contributed by atoms with Gasteiger partial charge in [-0.05, 0) is 92.2 Å². The van der Waals surface area contributed by atoms with Crippen LogP contribution in [0.5, 0.6) is 5.75 Å². The minimum Gasteiger partial charge on any atom is -0.497 e. The van der Waals surface area contributed by atoms with E-state index >= 15 is 0 Å². The Balaban J connectivity index is 2.38. The van der Waals surface area contributed by atoms with Crippen LogP contribution in [0.15, 0.2) is 48.5 Å². The number of halogens is 1. The lowest BCUT2D eigenvalue weighted by Crippen LogP contribution is -2.54. The van der Waals surface area contributed by atoms with Crippen LogP contribution in [0.25, 0.3) is 0 Å². The molecule has 0 heterocycles. The van der Waals surface area contributed by atoms with Gasteiger partial charge in [-0.2, -0.15) is 0 Å². The fraction of sp³-hybridized carbons (Fsp3) is 0.417. The van der Waals surface area contributed by atoms with Crippen molar-refractivity contribution in [3.63, 3.8) is 0 Å². The van der Waals surface area contributed by atoms with Crippen LogP contribution >= 0.6 is 22.6 Å². The van der Waals surface area contributed by atoms with Gasteiger partial charge in [-0.15, -0.1) is 0 Å². The van der Waals surface area contributed by atoms with Crippen molar-refractivity contribution in [2.45, 2.75) is 45.8 Å². The molecule has 2 aromatic rings. The third-order valence-electron chi connectivity index (χ3n) is 4.97. The fourth-order valence-corrected chi connectivity index (χ4v) is 4.41. The molecule has 0 aliphatic rings. The highest BCUT2D eigenvalue weighted by Crippen LogP contribution is 2.21. The van der Waals surface area contributed by atoms with Gasteiger partial charge in [-0.3, -0.25) is 13.9 Å². The number of benzene rings is 2. The van der Waals surface area contributed by atoms with Crippen LogP contribution in [-0.4, -0.2) is 56.6 Å². The zero-order valence-electron chi connectivity index (χ0n) is 20.3. The zero-order valence-corrected chi connectivity index (χ0v) is 23.3. The molecule has 0 unspecified atom stereocenters. The molecule has 0 aliphatic heterocycles. The maximum atomic E-state index is 13.5. The standard InChI is InChI=1S/C24H32IN3O5S/c1-17(23(30)26-24(2,3)4)27(15-18-7-13-21(33-5)14-8-18)22(29)16-28(34(6,31)32)20-11-9-19(25)10-12-20/h7-14,17H,15-16H2,1-6H3,(H,26,30)/t17-/m1/s1. The Morgan fingerprint density at radius 2 is 1.62 bits per heavy atom. The highest BCUT2D eigenvalue weighted by Gasteiger charge is 2.31. The smallest absolute Gasteiger partial charge is 0.244 e. The Kier molecular flexibility index (Phi) is 9.35. The Labute approximate surface area is 215 Å².